The molecule has 1 unspecified atom stereocenters. The monoisotopic (exact) mass is 252 g/mol. The van der Waals surface area contributed by atoms with Gasteiger partial charge in [-0.25, -0.2) is 4.39 Å². The summed E-state index contributed by atoms with van der Waals surface area (Å²) < 4.78 is 18.3. The third-order valence-corrected chi connectivity index (χ3v) is 3.57. The fourth-order valence-electron chi connectivity index (χ4n) is 1.67. The molecule has 2 nitrogen and oxygen atoms in total. The Labute approximate surface area is 103 Å². The predicted molar refractivity (Wildman–Crippen MR) is 66.1 cm³/mol. The molecule has 0 fully saturated rings. The number of aliphatic hydroxyl groups excluding tert-OH is 1. The number of methoxy groups -OCH3 is 1. The van der Waals surface area contributed by atoms with Crippen LogP contribution < -0.4 is 4.74 Å². The summed E-state index contributed by atoms with van der Waals surface area (Å²) in [5.74, 6) is 0.392. The lowest BCUT2D eigenvalue weighted by Gasteiger charge is -2.12. The molecule has 1 atom stereocenters. The number of halogens is 1. The zero-order valence-electron chi connectivity index (χ0n) is 9.61. The summed E-state index contributed by atoms with van der Waals surface area (Å²) in [5, 5.41) is 12.1. The van der Waals surface area contributed by atoms with Gasteiger partial charge in [0.25, 0.3) is 0 Å². The van der Waals surface area contributed by atoms with E-state index in [1.165, 1.54) is 17.4 Å². The second-order valence-electron chi connectivity index (χ2n) is 3.76. The number of hydrogen-bond acceptors (Lipinski definition) is 3. The van der Waals surface area contributed by atoms with Crippen LogP contribution in [0.2, 0.25) is 0 Å². The van der Waals surface area contributed by atoms with Gasteiger partial charge in [0.05, 0.1) is 12.0 Å². The van der Waals surface area contributed by atoms with Crippen molar-refractivity contribution < 1.29 is 14.2 Å². The van der Waals surface area contributed by atoms with Gasteiger partial charge in [-0.2, -0.15) is 0 Å². The maximum atomic E-state index is 13.1. The molecule has 4 heteroatoms. The van der Waals surface area contributed by atoms with Crippen LogP contribution in [0, 0.1) is 12.7 Å². The van der Waals surface area contributed by atoms with Gasteiger partial charge < -0.3 is 9.84 Å². The van der Waals surface area contributed by atoms with Crippen molar-refractivity contribution in [3.63, 3.8) is 0 Å². The molecule has 2 rings (SSSR count). The average Bonchev–Trinajstić information content (AvgIpc) is 2.80. The van der Waals surface area contributed by atoms with E-state index in [-0.39, 0.29) is 5.82 Å². The van der Waals surface area contributed by atoms with E-state index < -0.39 is 6.10 Å². The molecule has 0 amide bonds. The zero-order valence-corrected chi connectivity index (χ0v) is 10.4. The van der Waals surface area contributed by atoms with Crippen LogP contribution in [0.3, 0.4) is 0 Å². The minimum atomic E-state index is -0.774. The molecule has 90 valence electrons. The summed E-state index contributed by atoms with van der Waals surface area (Å²) in [6.07, 6.45) is -0.774. The molecule has 1 aromatic carbocycles. The third kappa shape index (κ3) is 2.33. The highest BCUT2D eigenvalue weighted by Crippen LogP contribution is 2.34. The van der Waals surface area contributed by atoms with Gasteiger partial charge in [-0.1, -0.05) is 12.1 Å². The van der Waals surface area contributed by atoms with E-state index in [9.17, 15) is 9.50 Å². The molecule has 0 aliphatic carbocycles. The quantitative estimate of drug-likeness (QED) is 0.908. The van der Waals surface area contributed by atoms with E-state index in [4.69, 9.17) is 4.74 Å². The van der Waals surface area contributed by atoms with Gasteiger partial charge in [0.1, 0.15) is 17.7 Å². The average molecular weight is 252 g/mol. The summed E-state index contributed by atoms with van der Waals surface area (Å²) >= 11 is 1.42. The summed E-state index contributed by atoms with van der Waals surface area (Å²) in [6, 6.07) is 6.42. The Morgan fingerprint density at radius 1 is 1.35 bits per heavy atom. The Morgan fingerprint density at radius 2 is 2.12 bits per heavy atom. The predicted octanol–water partition coefficient (Wildman–Crippen LogP) is 3.29. The van der Waals surface area contributed by atoms with Crippen molar-refractivity contribution in [2.75, 3.05) is 7.11 Å². The largest absolute Gasteiger partial charge is 0.495 e. The summed E-state index contributed by atoms with van der Waals surface area (Å²) in [6.45, 7) is 1.68. The van der Waals surface area contributed by atoms with Gasteiger partial charge in [-0.15, -0.1) is 11.3 Å². The van der Waals surface area contributed by atoms with E-state index in [1.54, 1.807) is 32.2 Å². The number of ether oxygens (including phenoxy) is 1. The highest BCUT2D eigenvalue weighted by molar-refractivity contribution is 7.10. The molecule has 1 N–H and O–H groups in total. The van der Waals surface area contributed by atoms with Crippen LogP contribution in [-0.2, 0) is 0 Å². The molecule has 1 aromatic heterocycles. The molecular weight excluding hydrogens is 239 g/mol. The highest BCUT2D eigenvalue weighted by atomic mass is 32.1. The summed E-state index contributed by atoms with van der Waals surface area (Å²) in [7, 11) is 1.56. The van der Waals surface area contributed by atoms with Gasteiger partial charge in [-0.3, -0.25) is 0 Å². The van der Waals surface area contributed by atoms with Crippen LogP contribution >= 0.6 is 11.3 Å². The molecule has 0 aliphatic rings. The minimum Gasteiger partial charge on any atom is -0.495 e. The lowest BCUT2D eigenvalue weighted by molar-refractivity contribution is 0.219. The third-order valence-electron chi connectivity index (χ3n) is 2.62. The zero-order chi connectivity index (χ0) is 12.4. The normalized spacial score (nSPS) is 12.5. The van der Waals surface area contributed by atoms with Gasteiger partial charge >= 0.3 is 0 Å². The van der Waals surface area contributed by atoms with Crippen molar-refractivity contribution in [2.24, 2.45) is 0 Å². The number of rotatable bonds is 3. The van der Waals surface area contributed by atoms with Crippen LogP contribution in [-0.4, -0.2) is 12.2 Å². The number of benzene rings is 1. The lowest BCUT2D eigenvalue weighted by Crippen LogP contribution is -2.00. The van der Waals surface area contributed by atoms with E-state index in [2.05, 4.69) is 0 Å². The first-order valence-corrected chi connectivity index (χ1v) is 6.07. The molecule has 1 heterocycles. The minimum absolute atomic E-state index is 0.265. The highest BCUT2D eigenvalue weighted by Gasteiger charge is 2.17. The SMILES string of the molecule is COc1ccsc1C(O)c1ccc(F)c(C)c1. The van der Waals surface area contributed by atoms with Crippen LogP contribution in [0.15, 0.2) is 29.6 Å². The topological polar surface area (TPSA) is 29.5 Å². The van der Waals surface area contributed by atoms with Crippen molar-refractivity contribution >= 4 is 11.3 Å². The molecule has 2 aromatic rings. The van der Waals surface area contributed by atoms with Crippen LogP contribution in [0.1, 0.15) is 22.1 Å². The van der Waals surface area contributed by atoms with Gasteiger partial charge in [0.15, 0.2) is 0 Å². The Kier molecular flexibility index (Phi) is 3.45. The molecule has 0 spiro atoms. The van der Waals surface area contributed by atoms with Crippen molar-refractivity contribution in [2.45, 2.75) is 13.0 Å². The van der Waals surface area contributed by atoms with Crippen LogP contribution in [0.5, 0.6) is 5.75 Å². The van der Waals surface area contributed by atoms with Crippen molar-refractivity contribution in [1.82, 2.24) is 0 Å². The van der Waals surface area contributed by atoms with E-state index in [0.29, 0.717) is 16.9 Å². The van der Waals surface area contributed by atoms with E-state index >= 15 is 0 Å². The maximum absolute atomic E-state index is 13.1. The van der Waals surface area contributed by atoms with Gasteiger partial charge in [-0.05, 0) is 35.6 Å². The van der Waals surface area contributed by atoms with Crippen molar-refractivity contribution in [1.29, 1.82) is 0 Å². The molecule has 0 bridgehead atoms. The molecule has 0 aliphatic heterocycles. The standard InChI is InChI=1S/C13H13FO2S/c1-8-7-9(3-4-10(8)14)12(15)13-11(16-2)5-6-17-13/h3-7,12,15H,1-2H3. The second-order valence-corrected chi connectivity index (χ2v) is 4.71. The summed E-state index contributed by atoms with van der Waals surface area (Å²) in [4.78, 5) is 0.735. The van der Waals surface area contributed by atoms with E-state index in [1.807, 2.05) is 5.38 Å². The fourth-order valence-corrected chi connectivity index (χ4v) is 2.54. The molecule has 0 saturated heterocycles. The van der Waals surface area contributed by atoms with E-state index in [0.717, 1.165) is 4.88 Å². The molecular formula is C13H13FO2S. The molecule has 0 radical (unpaired) electrons. The summed E-state index contributed by atoms with van der Waals surface area (Å²) in [5.41, 5.74) is 1.20. The van der Waals surface area contributed by atoms with Crippen molar-refractivity contribution in [3.05, 3.63) is 51.5 Å². The van der Waals surface area contributed by atoms with Crippen molar-refractivity contribution in [3.8, 4) is 5.75 Å². The lowest BCUT2D eigenvalue weighted by atomic mass is 10.0. The molecule has 0 saturated carbocycles. The number of aryl methyl sites for hydroxylation is 1. The molecule has 17 heavy (non-hydrogen) atoms. The number of aliphatic hydroxyl groups is 1. The Bertz CT molecular complexity index is 522. The van der Waals surface area contributed by atoms with Gasteiger partial charge in [0.2, 0.25) is 0 Å². The van der Waals surface area contributed by atoms with Crippen LogP contribution in [0.4, 0.5) is 4.39 Å². The first-order valence-electron chi connectivity index (χ1n) is 5.19. The van der Waals surface area contributed by atoms with Gasteiger partial charge in [0, 0.05) is 0 Å². The smallest absolute Gasteiger partial charge is 0.135 e. The maximum Gasteiger partial charge on any atom is 0.135 e. The Hall–Kier alpha value is -1.39. The Balaban J connectivity index is 2.36. The second kappa shape index (κ2) is 4.85. The number of thiophene rings is 1. The Morgan fingerprint density at radius 3 is 2.76 bits per heavy atom. The number of hydrogen-bond donors (Lipinski definition) is 1. The first kappa shape index (κ1) is 12.1. The fraction of sp³-hybridized carbons (Fsp3) is 0.231. The van der Waals surface area contributed by atoms with Crippen LogP contribution in [0.25, 0.3) is 0 Å². The first-order chi connectivity index (χ1) is 8.13.